The van der Waals surface area contributed by atoms with Crippen LogP contribution in [-0.2, 0) is 19.6 Å². The second kappa shape index (κ2) is 10.2. The van der Waals surface area contributed by atoms with E-state index in [9.17, 15) is 13.2 Å². The SMILES string of the molecule is COc1ccc(NC(=O)[C@@H](N)CC(C)C)cc1S(=O)(=O)N1CCOCC1.Cl. The molecule has 1 fully saturated rings. The van der Waals surface area contributed by atoms with Crippen LogP contribution in [-0.4, -0.2) is 58.1 Å². The highest BCUT2D eigenvalue weighted by Crippen LogP contribution is 2.30. The van der Waals surface area contributed by atoms with E-state index in [2.05, 4.69) is 5.32 Å². The maximum absolute atomic E-state index is 12.9. The molecule has 2 rings (SSSR count). The highest BCUT2D eigenvalue weighted by atomic mass is 35.5. The molecule has 0 unspecified atom stereocenters. The van der Waals surface area contributed by atoms with Crippen LogP contribution in [0.1, 0.15) is 20.3 Å². The van der Waals surface area contributed by atoms with Gasteiger partial charge in [0, 0.05) is 18.8 Å². The van der Waals surface area contributed by atoms with Crippen molar-refractivity contribution in [2.75, 3.05) is 38.7 Å². The molecule has 1 amide bonds. The number of rotatable bonds is 7. The minimum absolute atomic E-state index is 0. The van der Waals surface area contributed by atoms with Crippen LogP contribution in [0.15, 0.2) is 23.1 Å². The van der Waals surface area contributed by atoms with Gasteiger partial charge in [-0.25, -0.2) is 8.42 Å². The first kappa shape index (κ1) is 23.6. The minimum Gasteiger partial charge on any atom is -0.495 e. The van der Waals surface area contributed by atoms with Gasteiger partial charge < -0.3 is 20.5 Å². The summed E-state index contributed by atoms with van der Waals surface area (Å²) >= 11 is 0. The first-order valence-electron chi connectivity index (χ1n) is 8.58. The van der Waals surface area contributed by atoms with E-state index in [0.29, 0.717) is 25.3 Å². The van der Waals surface area contributed by atoms with E-state index in [0.717, 1.165) is 0 Å². The van der Waals surface area contributed by atoms with Crippen molar-refractivity contribution >= 4 is 34.0 Å². The molecule has 1 aromatic carbocycles. The van der Waals surface area contributed by atoms with Gasteiger partial charge in [0.05, 0.1) is 26.4 Å². The summed E-state index contributed by atoms with van der Waals surface area (Å²) in [6.45, 7) is 5.22. The molecule has 1 saturated heterocycles. The first-order chi connectivity index (χ1) is 12.3. The number of sulfonamides is 1. The standard InChI is InChI=1S/C17H27N3O5S.ClH/c1-12(2)10-14(18)17(21)19-13-4-5-15(24-3)16(11-13)26(22,23)20-6-8-25-9-7-20;/h4-5,11-12,14H,6-10,18H2,1-3H3,(H,19,21);1H/t14-;/m0./s1. The molecule has 0 aromatic heterocycles. The number of amides is 1. The summed E-state index contributed by atoms with van der Waals surface area (Å²) in [5, 5.41) is 2.69. The number of ether oxygens (including phenoxy) is 2. The van der Waals surface area contributed by atoms with Crippen LogP contribution in [0.5, 0.6) is 5.75 Å². The van der Waals surface area contributed by atoms with Gasteiger partial charge >= 0.3 is 0 Å². The second-order valence-corrected chi connectivity index (χ2v) is 8.51. The number of halogens is 1. The van der Waals surface area contributed by atoms with E-state index < -0.39 is 16.1 Å². The fraction of sp³-hybridized carbons (Fsp3) is 0.588. The van der Waals surface area contributed by atoms with Crippen LogP contribution in [0.25, 0.3) is 0 Å². The maximum Gasteiger partial charge on any atom is 0.246 e. The van der Waals surface area contributed by atoms with Crippen LogP contribution in [0, 0.1) is 5.92 Å². The van der Waals surface area contributed by atoms with Crippen molar-refractivity contribution < 1.29 is 22.7 Å². The van der Waals surface area contributed by atoms with Crippen LogP contribution >= 0.6 is 12.4 Å². The van der Waals surface area contributed by atoms with Gasteiger partial charge in [0.1, 0.15) is 10.6 Å². The number of nitrogens with zero attached hydrogens (tertiary/aromatic N) is 1. The summed E-state index contributed by atoms with van der Waals surface area (Å²) in [6, 6.07) is 3.87. The number of hydrogen-bond acceptors (Lipinski definition) is 6. The predicted molar refractivity (Wildman–Crippen MR) is 106 cm³/mol. The molecule has 154 valence electrons. The summed E-state index contributed by atoms with van der Waals surface area (Å²) in [4.78, 5) is 12.2. The van der Waals surface area contributed by atoms with Gasteiger partial charge in [-0.1, -0.05) is 13.8 Å². The van der Waals surface area contributed by atoms with Crippen molar-refractivity contribution in [2.45, 2.75) is 31.2 Å². The van der Waals surface area contributed by atoms with Crippen LogP contribution in [0.2, 0.25) is 0 Å². The molecule has 1 heterocycles. The zero-order chi connectivity index (χ0) is 19.3. The van der Waals surface area contributed by atoms with Crippen LogP contribution < -0.4 is 15.8 Å². The molecule has 0 saturated carbocycles. The Morgan fingerprint density at radius 2 is 1.96 bits per heavy atom. The number of benzene rings is 1. The Hall–Kier alpha value is -1.39. The number of carbonyl (C=O) groups is 1. The molecule has 1 aliphatic heterocycles. The lowest BCUT2D eigenvalue weighted by Gasteiger charge is -2.27. The van der Waals surface area contributed by atoms with E-state index in [1.54, 1.807) is 6.07 Å². The third-order valence-electron chi connectivity index (χ3n) is 4.08. The molecular weight excluding hydrogens is 394 g/mol. The molecule has 10 heteroatoms. The van der Waals surface area contributed by atoms with Crippen molar-refractivity contribution in [1.29, 1.82) is 0 Å². The zero-order valence-corrected chi connectivity index (χ0v) is 17.4. The largest absolute Gasteiger partial charge is 0.495 e. The quantitative estimate of drug-likeness (QED) is 0.689. The lowest BCUT2D eigenvalue weighted by molar-refractivity contribution is -0.117. The van der Waals surface area contributed by atoms with Crippen molar-refractivity contribution in [2.24, 2.45) is 11.7 Å². The van der Waals surface area contributed by atoms with E-state index in [-0.39, 0.29) is 48.0 Å². The average Bonchev–Trinajstić information content (AvgIpc) is 2.61. The van der Waals surface area contributed by atoms with Gasteiger partial charge in [-0.2, -0.15) is 4.31 Å². The summed E-state index contributed by atoms with van der Waals surface area (Å²) in [5.74, 6) is 0.156. The highest BCUT2D eigenvalue weighted by molar-refractivity contribution is 7.89. The number of anilines is 1. The van der Waals surface area contributed by atoms with Crippen molar-refractivity contribution in [3.8, 4) is 5.75 Å². The molecule has 0 bridgehead atoms. The topological polar surface area (TPSA) is 111 Å². The number of carbonyl (C=O) groups excluding carboxylic acids is 1. The Bertz CT molecular complexity index is 736. The lowest BCUT2D eigenvalue weighted by Crippen LogP contribution is -2.40. The van der Waals surface area contributed by atoms with Gasteiger partial charge in [0.2, 0.25) is 15.9 Å². The molecule has 8 nitrogen and oxygen atoms in total. The van der Waals surface area contributed by atoms with Gasteiger partial charge in [-0.3, -0.25) is 4.79 Å². The number of methoxy groups -OCH3 is 1. The van der Waals surface area contributed by atoms with E-state index >= 15 is 0 Å². The summed E-state index contributed by atoms with van der Waals surface area (Å²) in [7, 11) is -2.35. The van der Waals surface area contributed by atoms with Gasteiger partial charge in [-0.15, -0.1) is 12.4 Å². The number of morpholine rings is 1. The van der Waals surface area contributed by atoms with Crippen molar-refractivity contribution in [1.82, 2.24) is 4.31 Å². The van der Waals surface area contributed by atoms with Crippen molar-refractivity contribution in [3.63, 3.8) is 0 Å². The monoisotopic (exact) mass is 421 g/mol. The molecule has 0 radical (unpaired) electrons. The Morgan fingerprint density at radius 1 is 1.33 bits per heavy atom. The minimum atomic E-state index is -3.76. The summed E-state index contributed by atoms with van der Waals surface area (Å²) in [5.41, 5.74) is 6.25. The molecule has 1 aliphatic rings. The normalized spacial score (nSPS) is 16.5. The Kier molecular flexibility index (Phi) is 8.97. The Morgan fingerprint density at radius 3 is 2.52 bits per heavy atom. The van der Waals surface area contributed by atoms with E-state index in [4.69, 9.17) is 15.2 Å². The predicted octanol–water partition coefficient (Wildman–Crippen LogP) is 1.45. The number of hydrogen-bond donors (Lipinski definition) is 2. The average molecular weight is 422 g/mol. The number of nitrogens with one attached hydrogen (secondary N) is 1. The molecule has 1 aromatic rings. The smallest absolute Gasteiger partial charge is 0.246 e. The molecule has 0 aliphatic carbocycles. The highest BCUT2D eigenvalue weighted by Gasteiger charge is 2.29. The fourth-order valence-electron chi connectivity index (χ4n) is 2.73. The molecule has 3 N–H and O–H groups in total. The Labute approximate surface area is 166 Å². The third-order valence-corrected chi connectivity index (χ3v) is 6.00. The van der Waals surface area contributed by atoms with Crippen LogP contribution in [0.3, 0.4) is 0 Å². The second-order valence-electron chi connectivity index (χ2n) is 6.61. The maximum atomic E-state index is 12.9. The molecular formula is C17H28ClN3O5S. The molecule has 1 atom stereocenters. The summed E-state index contributed by atoms with van der Waals surface area (Å²) < 4.78 is 37.6. The van der Waals surface area contributed by atoms with E-state index in [1.165, 1.54) is 23.5 Å². The van der Waals surface area contributed by atoms with Gasteiger partial charge in [0.15, 0.2) is 0 Å². The fourth-order valence-corrected chi connectivity index (χ4v) is 4.32. The summed E-state index contributed by atoms with van der Waals surface area (Å²) in [6.07, 6.45) is 0.543. The van der Waals surface area contributed by atoms with Crippen LogP contribution in [0.4, 0.5) is 5.69 Å². The molecule has 0 spiro atoms. The lowest BCUT2D eigenvalue weighted by atomic mass is 10.0. The first-order valence-corrected chi connectivity index (χ1v) is 10.0. The molecule has 27 heavy (non-hydrogen) atoms. The third kappa shape index (κ3) is 6.05. The van der Waals surface area contributed by atoms with E-state index in [1.807, 2.05) is 13.8 Å². The van der Waals surface area contributed by atoms with Crippen molar-refractivity contribution in [3.05, 3.63) is 18.2 Å². The Balaban J connectivity index is 0.00000364. The zero-order valence-electron chi connectivity index (χ0n) is 15.8. The van der Waals surface area contributed by atoms with Gasteiger partial charge in [0.25, 0.3) is 0 Å². The van der Waals surface area contributed by atoms with Gasteiger partial charge in [-0.05, 0) is 30.5 Å². The number of nitrogens with two attached hydrogens (primary N) is 1.